The molecule has 0 saturated carbocycles. The Hall–Kier alpha value is -2.11. The van der Waals surface area contributed by atoms with Crippen LogP contribution >= 0.6 is 0 Å². The van der Waals surface area contributed by atoms with Crippen molar-refractivity contribution in [3.8, 4) is 5.75 Å². The van der Waals surface area contributed by atoms with E-state index in [9.17, 15) is 19.1 Å². The second-order valence-corrected chi connectivity index (χ2v) is 5.57. The SMILES string of the molecule is CCCC(=O)NC1CCCN(C(=O)c2cc(F)ccc2O)C1. The van der Waals surface area contributed by atoms with Gasteiger partial charge in [0.1, 0.15) is 11.6 Å². The lowest BCUT2D eigenvalue weighted by Crippen LogP contribution is -2.49. The van der Waals surface area contributed by atoms with Gasteiger partial charge in [-0.1, -0.05) is 6.92 Å². The van der Waals surface area contributed by atoms with Crippen molar-refractivity contribution in [3.05, 3.63) is 29.6 Å². The lowest BCUT2D eigenvalue weighted by atomic mass is 10.0. The summed E-state index contributed by atoms with van der Waals surface area (Å²) in [6.07, 6.45) is 2.82. The predicted molar refractivity (Wildman–Crippen MR) is 80.0 cm³/mol. The molecule has 1 aromatic carbocycles. The zero-order valence-corrected chi connectivity index (χ0v) is 12.6. The summed E-state index contributed by atoms with van der Waals surface area (Å²) < 4.78 is 13.3. The largest absolute Gasteiger partial charge is 0.507 e. The normalized spacial score (nSPS) is 18.1. The number of carbonyl (C=O) groups excluding carboxylic acids is 2. The van der Waals surface area contributed by atoms with Gasteiger partial charge in [0.2, 0.25) is 5.91 Å². The molecule has 1 fully saturated rings. The molecule has 0 aromatic heterocycles. The molecule has 0 aliphatic carbocycles. The van der Waals surface area contributed by atoms with E-state index in [1.165, 1.54) is 6.07 Å². The van der Waals surface area contributed by atoms with Crippen LogP contribution in [-0.4, -0.2) is 41.0 Å². The first-order chi connectivity index (χ1) is 10.5. The Kier molecular flexibility index (Phi) is 5.35. The van der Waals surface area contributed by atoms with Gasteiger partial charge in [0.15, 0.2) is 0 Å². The molecule has 2 N–H and O–H groups in total. The van der Waals surface area contributed by atoms with Crippen molar-refractivity contribution in [2.24, 2.45) is 0 Å². The van der Waals surface area contributed by atoms with E-state index in [-0.39, 0.29) is 23.3 Å². The van der Waals surface area contributed by atoms with Gasteiger partial charge in [-0.15, -0.1) is 0 Å². The monoisotopic (exact) mass is 308 g/mol. The van der Waals surface area contributed by atoms with Gasteiger partial charge in [0, 0.05) is 25.6 Å². The first-order valence-electron chi connectivity index (χ1n) is 7.58. The smallest absolute Gasteiger partial charge is 0.257 e. The lowest BCUT2D eigenvalue weighted by molar-refractivity contribution is -0.122. The number of hydrogen-bond donors (Lipinski definition) is 2. The van der Waals surface area contributed by atoms with Crippen LogP contribution in [0.25, 0.3) is 0 Å². The Morgan fingerprint density at radius 1 is 1.45 bits per heavy atom. The number of phenolic OH excluding ortho intramolecular Hbond substituents is 1. The van der Waals surface area contributed by atoms with Crippen LogP contribution in [0.3, 0.4) is 0 Å². The highest BCUT2D eigenvalue weighted by Gasteiger charge is 2.26. The highest BCUT2D eigenvalue weighted by molar-refractivity contribution is 5.97. The van der Waals surface area contributed by atoms with Gasteiger partial charge in [-0.25, -0.2) is 4.39 Å². The van der Waals surface area contributed by atoms with Gasteiger partial charge in [-0.2, -0.15) is 0 Å². The van der Waals surface area contributed by atoms with Gasteiger partial charge in [-0.3, -0.25) is 9.59 Å². The molecule has 6 heteroatoms. The van der Waals surface area contributed by atoms with E-state index < -0.39 is 11.7 Å². The molecule has 1 unspecified atom stereocenters. The second-order valence-electron chi connectivity index (χ2n) is 5.57. The van der Waals surface area contributed by atoms with Crippen molar-refractivity contribution in [2.75, 3.05) is 13.1 Å². The number of piperidine rings is 1. The maximum absolute atomic E-state index is 13.3. The first kappa shape index (κ1) is 16.3. The van der Waals surface area contributed by atoms with Crippen LogP contribution in [0.4, 0.5) is 4.39 Å². The summed E-state index contributed by atoms with van der Waals surface area (Å²) in [5.74, 6) is -1.23. The highest BCUT2D eigenvalue weighted by atomic mass is 19.1. The van der Waals surface area contributed by atoms with Gasteiger partial charge in [-0.05, 0) is 37.5 Å². The molecule has 0 radical (unpaired) electrons. The molecule has 1 saturated heterocycles. The van der Waals surface area contributed by atoms with E-state index in [1.807, 2.05) is 6.92 Å². The van der Waals surface area contributed by atoms with E-state index in [1.54, 1.807) is 4.90 Å². The number of phenols is 1. The van der Waals surface area contributed by atoms with Crippen molar-refractivity contribution >= 4 is 11.8 Å². The van der Waals surface area contributed by atoms with Crippen LogP contribution in [0, 0.1) is 5.82 Å². The van der Waals surface area contributed by atoms with Crippen molar-refractivity contribution in [2.45, 2.75) is 38.6 Å². The average Bonchev–Trinajstić information content (AvgIpc) is 2.49. The molecule has 0 bridgehead atoms. The summed E-state index contributed by atoms with van der Waals surface area (Å²) >= 11 is 0. The van der Waals surface area contributed by atoms with E-state index in [0.717, 1.165) is 31.4 Å². The summed E-state index contributed by atoms with van der Waals surface area (Å²) in [7, 11) is 0. The minimum absolute atomic E-state index is 0.0181. The van der Waals surface area contributed by atoms with Gasteiger partial charge < -0.3 is 15.3 Å². The summed E-state index contributed by atoms with van der Waals surface area (Å²) in [5.41, 5.74) is -0.0412. The van der Waals surface area contributed by atoms with E-state index in [2.05, 4.69) is 5.32 Å². The molecule has 1 heterocycles. The van der Waals surface area contributed by atoms with Crippen LogP contribution in [0.2, 0.25) is 0 Å². The Balaban J connectivity index is 2.04. The van der Waals surface area contributed by atoms with Crippen LogP contribution in [0.5, 0.6) is 5.75 Å². The van der Waals surface area contributed by atoms with Crippen LogP contribution in [-0.2, 0) is 4.79 Å². The molecule has 1 aliphatic heterocycles. The maximum Gasteiger partial charge on any atom is 0.257 e. The number of benzene rings is 1. The van der Waals surface area contributed by atoms with Crippen LogP contribution in [0.1, 0.15) is 43.0 Å². The van der Waals surface area contributed by atoms with Crippen molar-refractivity contribution < 1.29 is 19.1 Å². The van der Waals surface area contributed by atoms with Gasteiger partial charge >= 0.3 is 0 Å². The second kappa shape index (κ2) is 7.24. The number of amides is 2. The number of likely N-dealkylation sites (tertiary alicyclic amines) is 1. The zero-order valence-electron chi connectivity index (χ0n) is 12.6. The zero-order chi connectivity index (χ0) is 16.1. The highest BCUT2D eigenvalue weighted by Crippen LogP contribution is 2.22. The quantitative estimate of drug-likeness (QED) is 0.894. The third-order valence-electron chi connectivity index (χ3n) is 3.74. The molecular weight excluding hydrogens is 287 g/mol. The molecule has 1 atom stereocenters. The third kappa shape index (κ3) is 3.96. The number of halogens is 1. The number of aromatic hydroxyl groups is 1. The van der Waals surface area contributed by atoms with E-state index >= 15 is 0 Å². The Bertz CT molecular complexity index is 562. The first-order valence-corrected chi connectivity index (χ1v) is 7.58. The number of nitrogens with zero attached hydrogens (tertiary/aromatic N) is 1. The predicted octanol–water partition coefficient (Wildman–Crippen LogP) is 2.05. The molecular formula is C16H21FN2O3. The fourth-order valence-corrected chi connectivity index (χ4v) is 2.66. The molecule has 5 nitrogen and oxygen atoms in total. The fraction of sp³-hybridized carbons (Fsp3) is 0.500. The van der Waals surface area contributed by atoms with E-state index in [4.69, 9.17) is 0 Å². The molecule has 1 aliphatic rings. The van der Waals surface area contributed by atoms with Crippen molar-refractivity contribution in [1.82, 2.24) is 10.2 Å². The van der Waals surface area contributed by atoms with Gasteiger partial charge in [0.05, 0.1) is 5.56 Å². The number of carbonyl (C=O) groups is 2. The fourth-order valence-electron chi connectivity index (χ4n) is 2.66. The number of hydrogen-bond acceptors (Lipinski definition) is 3. The molecule has 0 spiro atoms. The van der Waals surface area contributed by atoms with Crippen LogP contribution < -0.4 is 5.32 Å². The molecule has 2 rings (SSSR count). The summed E-state index contributed by atoms with van der Waals surface area (Å²) in [6.45, 7) is 2.85. The molecule has 22 heavy (non-hydrogen) atoms. The number of rotatable bonds is 4. The topological polar surface area (TPSA) is 69.6 Å². The average molecular weight is 308 g/mol. The standard InChI is InChI=1S/C16H21FN2O3/c1-2-4-15(21)18-12-5-3-8-19(10-12)16(22)13-9-11(17)6-7-14(13)20/h6-7,9,12,20H,2-5,8,10H2,1H3,(H,18,21). The van der Waals surface area contributed by atoms with E-state index in [0.29, 0.717) is 19.5 Å². The Morgan fingerprint density at radius 2 is 2.23 bits per heavy atom. The Morgan fingerprint density at radius 3 is 2.95 bits per heavy atom. The van der Waals surface area contributed by atoms with Crippen LogP contribution in [0.15, 0.2) is 18.2 Å². The summed E-state index contributed by atoms with van der Waals surface area (Å²) in [4.78, 5) is 25.6. The molecule has 2 amide bonds. The molecule has 1 aromatic rings. The summed E-state index contributed by atoms with van der Waals surface area (Å²) in [5, 5.41) is 12.6. The van der Waals surface area contributed by atoms with Gasteiger partial charge in [0.25, 0.3) is 5.91 Å². The molecule has 120 valence electrons. The minimum Gasteiger partial charge on any atom is -0.507 e. The van der Waals surface area contributed by atoms with Crippen molar-refractivity contribution in [3.63, 3.8) is 0 Å². The van der Waals surface area contributed by atoms with Crippen molar-refractivity contribution in [1.29, 1.82) is 0 Å². The minimum atomic E-state index is -0.564. The Labute approximate surface area is 129 Å². The lowest BCUT2D eigenvalue weighted by Gasteiger charge is -2.33. The number of nitrogens with one attached hydrogen (secondary N) is 1. The summed E-state index contributed by atoms with van der Waals surface area (Å²) in [6, 6.07) is 3.23. The maximum atomic E-state index is 13.3. The third-order valence-corrected chi connectivity index (χ3v) is 3.74.